The number of nitrogens with zero attached hydrogens (tertiary/aromatic N) is 4. The van der Waals surface area contributed by atoms with Gasteiger partial charge in [-0.15, -0.1) is 0 Å². The first-order valence-electron chi connectivity index (χ1n) is 7.62. The zero-order chi connectivity index (χ0) is 17.4. The fraction of sp³-hybridized carbons (Fsp3) is 0.0588. The first-order valence-corrected chi connectivity index (χ1v) is 7.62. The minimum atomic E-state index is -0.417. The molecule has 8 nitrogen and oxygen atoms in total. The van der Waals surface area contributed by atoms with Crippen LogP contribution in [-0.2, 0) is 0 Å². The van der Waals surface area contributed by atoms with Gasteiger partial charge in [-0.1, -0.05) is 30.3 Å². The van der Waals surface area contributed by atoms with Gasteiger partial charge in [-0.05, 0) is 23.8 Å². The lowest BCUT2D eigenvalue weighted by Crippen LogP contribution is -2.30. The second kappa shape index (κ2) is 5.75. The van der Waals surface area contributed by atoms with E-state index in [1.807, 2.05) is 34.9 Å². The summed E-state index contributed by atoms with van der Waals surface area (Å²) in [6, 6.07) is 14.1. The fourth-order valence-corrected chi connectivity index (χ4v) is 2.82. The smallest absolute Gasteiger partial charge is 0.270 e. The van der Waals surface area contributed by atoms with E-state index in [2.05, 4.69) is 15.3 Å². The normalized spacial score (nSPS) is 16.5. The first-order chi connectivity index (χ1) is 12.1. The number of aromatic nitrogens is 2. The van der Waals surface area contributed by atoms with E-state index < -0.39 is 4.92 Å². The van der Waals surface area contributed by atoms with Gasteiger partial charge in [-0.3, -0.25) is 20.0 Å². The summed E-state index contributed by atoms with van der Waals surface area (Å²) < 4.78 is 1.93. The molecular formula is C17H14N6O2. The van der Waals surface area contributed by atoms with Gasteiger partial charge < -0.3 is 5.73 Å². The van der Waals surface area contributed by atoms with Crippen LogP contribution < -0.4 is 11.1 Å². The highest BCUT2D eigenvalue weighted by Crippen LogP contribution is 2.29. The number of nitro benzene ring substituents is 1. The largest absolute Gasteiger partial charge is 0.370 e. The van der Waals surface area contributed by atoms with Gasteiger partial charge >= 0.3 is 0 Å². The molecule has 124 valence electrons. The highest BCUT2D eigenvalue weighted by atomic mass is 16.6. The van der Waals surface area contributed by atoms with E-state index in [9.17, 15) is 10.1 Å². The van der Waals surface area contributed by atoms with E-state index in [1.54, 1.807) is 18.2 Å². The lowest BCUT2D eigenvalue weighted by atomic mass is 10.2. The quantitative estimate of drug-likeness (QED) is 0.565. The second-order valence-electron chi connectivity index (χ2n) is 5.56. The lowest BCUT2D eigenvalue weighted by Gasteiger charge is -2.21. The highest BCUT2D eigenvalue weighted by molar-refractivity contribution is 5.94. The molecule has 3 N–H and O–H groups in total. The minimum Gasteiger partial charge on any atom is -0.370 e. The van der Waals surface area contributed by atoms with Crippen molar-refractivity contribution >= 4 is 34.7 Å². The second-order valence-corrected chi connectivity index (χ2v) is 5.56. The van der Waals surface area contributed by atoms with E-state index in [1.165, 1.54) is 12.1 Å². The standard InChI is InChI=1S/C17H14N6O2/c18-16-20-15(9-8-11-4-3-5-12(10-11)23(24)25)22-14-7-2-1-6-13(14)19-17(22)21-16/h1-10,15H,(H3,18,19,20,21)/b9-8+/t15-/m0/s1. The summed E-state index contributed by atoms with van der Waals surface area (Å²) >= 11 is 0. The van der Waals surface area contributed by atoms with Gasteiger partial charge in [0.25, 0.3) is 5.69 Å². The maximum Gasteiger partial charge on any atom is 0.270 e. The Morgan fingerprint density at radius 3 is 2.92 bits per heavy atom. The molecule has 0 radical (unpaired) electrons. The summed E-state index contributed by atoms with van der Waals surface area (Å²) in [4.78, 5) is 19.4. The molecule has 0 saturated carbocycles. The summed E-state index contributed by atoms with van der Waals surface area (Å²) in [6.45, 7) is 0. The Hall–Kier alpha value is -3.68. The van der Waals surface area contributed by atoms with Crippen molar-refractivity contribution in [1.29, 1.82) is 0 Å². The number of benzene rings is 2. The van der Waals surface area contributed by atoms with E-state index in [0.717, 1.165) is 11.0 Å². The van der Waals surface area contributed by atoms with Crippen molar-refractivity contribution in [3.8, 4) is 0 Å². The number of hydrogen-bond donors (Lipinski definition) is 2. The molecule has 0 aliphatic carbocycles. The molecule has 0 fully saturated rings. The van der Waals surface area contributed by atoms with Crippen molar-refractivity contribution in [2.24, 2.45) is 10.7 Å². The Morgan fingerprint density at radius 2 is 2.08 bits per heavy atom. The Labute approximate surface area is 142 Å². The van der Waals surface area contributed by atoms with Crippen molar-refractivity contribution in [3.05, 3.63) is 70.3 Å². The third-order valence-corrected chi connectivity index (χ3v) is 3.91. The number of anilines is 1. The van der Waals surface area contributed by atoms with Crippen LogP contribution in [0.2, 0.25) is 0 Å². The molecule has 3 aromatic rings. The van der Waals surface area contributed by atoms with E-state index in [-0.39, 0.29) is 17.8 Å². The molecule has 0 spiro atoms. The van der Waals surface area contributed by atoms with Crippen molar-refractivity contribution in [2.75, 3.05) is 5.32 Å². The van der Waals surface area contributed by atoms with Gasteiger partial charge in [0.05, 0.1) is 16.0 Å². The highest BCUT2D eigenvalue weighted by Gasteiger charge is 2.21. The van der Waals surface area contributed by atoms with Crippen LogP contribution >= 0.6 is 0 Å². The number of fused-ring (bicyclic) bond motifs is 3. The lowest BCUT2D eigenvalue weighted by molar-refractivity contribution is -0.384. The number of nitrogens with two attached hydrogens (primary N) is 1. The maximum atomic E-state index is 10.9. The molecule has 1 atom stereocenters. The number of para-hydroxylation sites is 2. The molecule has 1 aliphatic heterocycles. The summed E-state index contributed by atoms with van der Waals surface area (Å²) in [5, 5.41) is 13.9. The van der Waals surface area contributed by atoms with Gasteiger partial charge in [0.1, 0.15) is 0 Å². The molecule has 8 heteroatoms. The number of nitro groups is 1. The summed E-state index contributed by atoms with van der Waals surface area (Å²) in [6.07, 6.45) is 3.24. The van der Waals surface area contributed by atoms with Crippen molar-refractivity contribution < 1.29 is 4.92 Å². The predicted octanol–water partition coefficient (Wildman–Crippen LogP) is 2.90. The number of nitrogens with one attached hydrogen (secondary N) is 1. The monoisotopic (exact) mass is 334 g/mol. The number of imidazole rings is 1. The molecule has 4 rings (SSSR count). The van der Waals surface area contributed by atoms with E-state index in [4.69, 9.17) is 5.73 Å². The predicted molar refractivity (Wildman–Crippen MR) is 96.1 cm³/mol. The van der Waals surface area contributed by atoms with E-state index in [0.29, 0.717) is 11.5 Å². The van der Waals surface area contributed by atoms with Gasteiger partial charge in [0, 0.05) is 12.1 Å². The van der Waals surface area contributed by atoms with Crippen molar-refractivity contribution in [2.45, 2.75) is 6.17 Å². The van der Waals surface area contributed by atoms with Crippen LogP contribution in [0.4, 0.5) is 11.6 Å². The number of aliphatic imine (C=N–C) groups is 1. The van der Waals surface area contributed by atoms with Gasteiger partial charge in [-0.2, -0.15) is 0 Å². The van der Waals surface area contributed by atoms with Gasteiger partial charge in [0.15, 0.2) is 12.1 Å². The number of hydrogen-bond acceptors (Lipinski definition) is 6. The number of rotatable bonds is 3. The third kappa shape index (κ3) is 2.69. The average molecular weight is 334 g/mol. The first kappa shape index (κ1) is 14.9. The van der Waals surface area contributed by atoms with Crippen LogP contribution in [0, 0.1) is 10.1 Å². The van der Waals surface area contributed by atoms with E-state index >= 15 is 0 Å². The Balaban J connectivity index is 1.74. The summed E-state index contributed by atoms with van der Waals surface area (Å²) in [5.41, 5.74) is 8.38. The summed E-state index contributed by atoms with van der Waals surface area (Å²) in [5.74, 6) is 0.888. The molecule has 0 amide bonds. The molecule has 0 bridgehead atoms. The molecular weight excluding hydrogens is 320 g/mol. The Kier molecular flexibility index (Phi) is 3.42. The zero-order valence-corrected chi connectivity index (χ0v) is 13.0. The minimum absolute atomic E-state index is 0.0456. The SMILES string of the molecule is NC1=N[C@H](/C=C/c2cccc([N+](=O)[O-])c2)n2c(nc3ccccc32)N1. The molecule has 2 heterocycles. The topological polar surface area (TPSA) is 111 Å². The molecule has 1 aromatic heterocycles. The van der Waals surface area contributed by atoms with Crippen LogP contribution in [0.1, 0.15) is 11.7 Å². The van der Waals surface area contributed by atoms with Crippen LogP contribution in [0.15, 0.2) is 59.6 Å². The summed E-state index contributed by atoms with van der Waals surface area (Å²) in [7, 11) is 0. The molecule has 1 aliphatic rings. The number of non-ortho nitro benzene ring substituents is 1. The maximum absolute atomic E-state index is 10.9. The Bertz CT molecular complexity index is 1040. The van der Waals surface area contributed by atoms with Crippen LogP contribution in [0.3, 0.4) is 0 Å². The molecule has 0 saturated heterocycles. The average Bonchev–Trinajstić information content (AvgIpc) is 2.98. The van der Waals surface area contributed by atoms with Crippen LogP contribution in [0.5, 0.6) is 0 Å². The molecule has 2 aromatic carbocycles. The fourth-order valence-electron chi connectivity index (χ4n) is 2.82. The van der Waals surface area contributed by atoms with Crippen molar-refractivity contribution in [3.63, 3.8) is 0 Å². The zero-order valence-electron chi connectivity index (χ0n) is 13.0. The molecule has 25 heavy (non-hydrogen) atoms. The van der Waals surface area contributed by atoms with Crippen LogP contribution in [0.25, 0.3) is 17.1 Å². The molecule has 0 unspecified atom stereocenters. The van der Waals surface area contributed by atoms with Crippen molar-refractivity contribution in [1.82, 2.24) is 9.55 Å². The Morgan fingerprint density at radius 1 is 1.24 bits per heavy atom. The third-order valence-electron chi connectivity index (χ3n) is 3.91. The van der Waals surface area contributed by atoms with Gasteiger partial charge in [-0.25, -0.2) is 9.98 Å². The van der Waals surface area contributed by atoms with Crippen LogP contribution in [-0.4, -0.2) is 20.4 Å². The van der Waals surface area contributed by atoms with Gasteiger partial charge in [0.2, 0.25) is 5.95 Å². The number of guanidine groups is 1.